The number of thioether (sulfide) groups is 1. The highest BCUT2D eigenvalue weighted by atomic mass is 35.5. The molecule has 22 heteroatoms. The number of benzene rings is 5. The first-order valence-corrected chi connectivity index (χ1v) is 30.6. The van der Waals surface area contributed by atoms with E-state index >= 15 is 4.39 Å². The van der Waals surface area contributed by atoms with Gasteiger partial charge in [-0.2, -0.15) is 13.2 Å². The van der Waals surface area contributed by atoms with Crippen molar-refractivity contribution in [1.29, 1.82) is 0 Å². The van der Waals surface area contributed by atoms with Crippen molar-refractivity contribution in [2.75, 3.05) is 77.7 Å². The van der Waals surface area contributed by atoms with Crippen LogP contribution < -0.4 is 19.8 Å². The quantitative estimate of drug-likeness (QED) is 0.0553. The first kappa shape index (κ1) is 55.9. The molecule has 402 valence electrons. The largest absolute Gasteiger partial charge is 0.501 e. The lowest BCUT2D eigenvalue weighted by atomic mass is 9.99. The maximum Gasteiger partial charge on any atom is 0.501 e. The number of nitrogens with zero attached hydrogens (tertiary/aromatic N) is 4. The van der Waals surface area contributed by atoms with Gasteiger partial charge < -0.3 is 29.7 Å². The third-order valence-electron chi connectivity index (χ3n) is 13.5. The number of nitrogens with one attached hydrogen (secondary N) is 2. The monoisotopic (exact) mass is 1130 g/mol. The molecular weight excluding hydrogens is 1070 g/mol. The molecule has 3 heterocycles. The Hall–Kier alpha value is -5.29. The van der Waals surface area contributed by atoms with Crippen LogP contribution in [0.1, 0.15) is 44.8 Å². The predicted octanol–water partition coefficient (Wildman–Crippen LogP) is 10.7. The molecule has 2 saturated heterocycles. The summed E-state index contributed by atoms with van der Waals surface area (Å²) in [5, 5.41) is 13.5. The Morgan fingerprint density at radius 2 is 1.40 bits per heavy atom. The highest BCUT2D eigenvalue weighted by Crippen LogP contribution is 2.45. The van der Waals surface area contributed by atoms with Crippen LogP contribution in [-0.2, 0) is 29.7 Å². The number of aliphatic hydroxyl groups is 1. The number of aliphatic hydroxyl groups excluding tert-OH is 1. The Bertz CT molecular complexity index is 3330. The lowest BCUT2D eigenvalue weighted by Gasteiger charge is -2.37. The van der Waals surface area contributed by atoms with Gasteiger partial charge in [-0.15, -0.1) is 11.8 Å². The van der Waals surface area contributed by atoms with Crippen molar-refractivity contribution in [2.45, 2.75) is 83.3 Å². The van der Waals surface area contributed by atoms with E-state index in [1.807, 2.05) is 70.7 Å². The number of piperidine rings is 1. The minimum absolute atomic E-state index is 0.0725. The minimum Gasteiger partial charge on any atom is -0.393 e. The number of sulfone groups is 2. The normalized spacial score (nSPS) is 15.9. The predicted molar refractivity (Wildman–Crippen MR) is 291 cm³/mol. The summed E-state index contributed by atoms with van der Waals surface area (Å²) in [7, 11) is -14.5. The van der Waals surface area contributed by atoms with Crippen LogP contribution in [0.3, 0.4) is 0 Å². The molecule has 0 bridgehead atoms. The van der Waals surface area contributed by atoms with Crippen molar-refractivity contribution in [1.82, 2.24) is 9.47 Å². The maximum atomic E-state index is 15.8. The molecule has 0 saturated carbocycles. The van der Waals surface area contributed by atoms with E-state index in [4.69, 9.17) is 11.6 Å². The fourth-order valence-electron chi connectivity index (χ4n) is 9.77. The van der Waals surface area contributed by atoms with E-state index in [1.54, 1.807) is 37.3 Å². The molecule has 0 unspecified atom stereocenters. The Morgan fingerprint density at radius 1 is 0.773 bits per heavy atom. The van der Waals surface area contributed by atoms with E-state index in [-0.39, 0.29) is 22.3 Å². The smallest absolute Gasteiger partial charge is 0.393 e. The zero-order valence-electron chi connectivity index (χ0n) is 41.7. The number of anilines is 4. The van der Waals surface area contributed by atoms with Gasteiger partial charge in [-0.05, 0) is 136 Å². The molecule has 2 aliphatic rings. The van der Waals surface area contributed by atoms with Crippen LogP contribution >= 0.6 is 23.4 Å². The maximum absolute atomic E-state index is 15.8. The minimum atomic E-state index is -6.05. The Labute approximate surface area is 445 Å². The molecule has 1 aromatic heterocycles. The second-order valence-electron chi connectivity index (χ2n) is 19.1. The topological polar surface area (TPSA) is 161 Å². The van der Waals surface area contributed by atoms with Gasteiger partial charge in [0, 0.05) is 108 Å². The zero-order chi connectivity index (χ0) is 54.0. The molecule has 75 heavy (non-hydrogen) atoms. The summed E-state index contributed by atoms with van der Waals surface area (Å²) < 4.78 is 144. The highest BCUT2D eigenvalue weighted by Gasteiger charge is 2.48. The van der Waals surface area contributed by atoms with Gasteiger partial charge in [0.05, 0.1) is 27.3 Å². The number of likely N-dealkylation sites (tertiary alicyclic amines) is 1. The van der Waals surface area contributed by atoms with E-state index in [0.29, 0.717) is 116 Å². The molecule has 5 aromatic carbocycles. The third kappa shape index (κ3) is 12.9. The van der Waals surface area contributed by atoms with Crippen LogP contribution in [0.4, 0.5) is 40.3 Å². The second-order valence-corrected chi connectivity index (χ2v) is 26.2. The summed E-state index contributed by atoms with van der Waals surface area (Å²) in [6.45, 7) is 9.27. The van der Waals surface area contributed by atoms with Crippen LogP contribution in [-0.4, -0.2) is 115 Å². The van der Waals surface area contributed by atoms with E-state index in [1.165, 1.54) is 36.0 Å². The van der Waals surface area contributed by atoms with E-state index in [0.717, 1.165) is 29.0 Å². The second kappa shape index (κ2) is 22.7. The molecule has 2 fully saturated rings. The molecule has 0 amide bonds. The number of hydrogen-bond acceptors (Lipinski definition) is 12. The fourth-order valence-corrected chi connectivity index (χ4v) is 14.2. The molecule has 13 nitrogen and oxygen atoms in total. The lowest BCUT2D eigenvalue weighted by Crippen LogP contribution is -2.46. The molecule has 0 spiro atoms. The molecule has 3 N–H and O–H groups in total. The van der Waals surface area contributed by atoms with Crippen molar-refractivity contribution < 1.29 is 47.9 Å². The molecule has 0 radical (unpaired) electrons. The Balaban J connectivity index is 0.986. The average Bonchev–Trinajstić information content (AvgIpc) is 3.69. The van der Waals surface area contributed by atoms with Crippen LogP contribution in [0.15, 0.2) is 135 Å². The number of alkyl halides is 3. The van der Waals surface area contributed by atoms with Crippen LogP contribution in [0.5, 0.6) is 0 Å². The van der Waals surface area contributed by atoms with Crippen LogP contribution in [0, 0.1) is 12.7 Å². The first-order valence-electron chi connectivity index (χ1n) is 24.3. The highest BCUT2D eigenvalue weighted by molar-refractivity contribution is 7.99. The van der Waals surface area contributed by atoms with Gasteiger partial charge in [-0.1, -0.05) is 41.9 Å². The van der Waals surface area contributed by atoms with Crippen molar-refractivity contribution in [2.24, 2.45) is 0 Å². The summed E-state index contributed by atoms with van der Waals surface area (Å²) >= 11 is 7.68. The van der Waals surface area contributed by atoms with Crippen molar-refractivity contribution in [3.63, 3.8) is 0 Å². The molecule has 0 aliphatic carbocycles. The SMILES string of the molecule is Cc1c(S(C)(=O)=O)c(-c2cc(F)cc(N3CCN(c4ccc(NS(=O)(=O)c5ccc(N[C@H](CCN6CCC(O)CC6)CSc6ccccc6)c(S(=O)(=O)C(F)(F)F)c5)cc4)CC3)c2)c(-c2ccc(Cl)cc2)n1C(C)C. The lowest BCUT2D eigenvalue weighted by molar-refractivity contribution is -0.0435. The van der Waals surface area contributed by atoms with Gasteiger partial charge in [0.15, 0.2) is 9.84 Å². The first-order chi connectivity index (χ1) is 35.4. The zero-order valence-corrected chi connectivity index (χ0v) is 45.7. The van der Waals surface area contributed by atoms with Gasteiger partial charge in [0.2, 0.25) is 0 Å². The number of rotatable bonds is 18. The van der Waals surface area contributed by atoms with Crippen molar-refractivity contribution in [3.05, 3.63) is 132 Å². The van der Waals surface area contributed by atoms with E-state index < -0.39 is 63.0 Å². The molecule has 8 rings (SSSR count). The van der Waals surface area contributed by atoms with E-state index in [9.17, 15) is 43.5 Å². The summed E-state index contributed by atoms with van der Waals surface area (Å²) in [4.78, 5) is 5.27. The number of sulfonamides is 1. The van der Waals surface area contributed by atoms with E-state index in [2.05, 4.69) is 14.9 Å². The van der Waals surface area contributed by atoms with Crippen LogP contribution in [0.25, 0.3) is 22.4 Å². The number of piperazine rings is 1. The summed E-state index contributed by atoms with van der Waals surface area (Å²) in [6, 6.07) is 29.2. The number of hydrogen-bond donors (Lipinski definition) is 3. The van der Waals surface area contributed by atoms with Gasteiger partial charge in [-0.3, -0.25) is 4.72 Å². The Morgan fingerprint density at radius 3 is 2.00 bits per heavy atom. The summed E-state index contributed by atoms with van der Waals surface area (Å²) in [5.74, 6) is -0.196. The molecule has 6 aromatic rings. The molecule has 2 aliphatic heterocycles. The summed E-state index contributed by atoms with van der Waals surface area (Å²) in [6.07, 6.45) is 2.33. The number of aromatic nitrogens is 1. The summed E-state index contributed by atoms with van der Waals surface area (Å²) in [5.41, 5.74) is -2.13. The van der Waals surface area contributed by atoms with Gasteiger partial charge in [0.1, 0.15) is 10.7 Å². The number of halogens is 5. The standard InChI is InChI=1S/C53H59ClF4N6O7S4/c1-35(2)64-36(3)52(73(4,66)67)50(51(64)37-10-12-39(54)13-11-37)38-30-40(55)32-44(31-38)63-28-26-62(27-29-63)43-16-14-41(15-17-43)60-75(70,71)47-18-19-48(49(33-47)74(68,69)53(56,57)58)59-42(34-72-46-8-6-5-7-9-46)20-23-61-24-21-45(65)22-25-61/h5-19,30-33,35,42,45,59-60,65H,20-29,34H2,1-4H3/t42-/m1/s1. The van der Waals surface area contributed by atoms with Gasteiger partial charge in [0.25, 0.3) is 19.9 Å². The van der Waals surface area contributed by atoms with Crippen molar-refractivity contribution >= 4 is 75.8 Å². The van der Waals surface area contributed by atoms with Crippen molar-refractivity contribution in [3.8, 4) is 22.4 Å². The molecule has 1 atom stereocenters. The van der Waals surface area contributed by atoms with Crippen LogP contribution in [0.2, 0.25) is 5.02 Å². The fraction of sp³-hybridized carbons (Fsp3) is 0.358. The molecular formula is C53H59ClF4N6O7S4. The third-order valence-corrected chi connectivity index (χ3v) is 19.0. The van der Waals surface area contributed by atoms with Gasteiger partial charge in [-0.25, -0.2) is 29.6 Å². The van der Waals surface area contributed by atoms with Gasteiger partial charge >= 0.3 is 5.51 Å². The Kier molecular flexibility index (Phi) is 17.0. The average molecular weight is 1130 g/mol.